The molecular formula is C25H21F3N6O. The lowest BCUT2D eigenvalue weighted by Gasteiger charge is -2.11. The fraction of sp³-hybridized carbons (Fsp3) is 0.0800. The predicted molar refractivity (Wildman–Crippen MR) is 130 cm³/mol. The molecule has 0 radical (unpaired) electrons. The second-order valence-electron chi connectivity index (χ2n) is 7.71. The summed E-state index contributed by atoms with van der Waals surface area (Å²) in [6.07, 6.45) is 0. The van der Waals surface area contributed by atoms with Crippen LogP contribution in [0.25, 0.3) is 0 Å². The van der Waals surface area contributed by atoms with E-state index >= 15 is 0 Å². The maximum atomic E-state index is 13.7. The quantitative estimate of drug-likeness (QED) is 0.233. The van der Waals surface area contributed by atoms with E-state index in [9.17, 15) is 18.0 Å². The number of nitrogens with zero attached hydrogens (tertiary/aromatic N) is 2. The lowest BCUT2D eigenvalue weighted by Crippen LogP contribution is -2.20. The lowest BCUT2D eigenvalue weighted by molar-refractivity contribution is 0.262. The Labute approximate surface area is 199 Å². The minimum Gasteiger partial charge on any atom is -0.340 e. The molecular weight excluding hydrogens is 457 g/mol. The Bertz CT molecular complexity index is 1360. The summed E-state index contributed by atoms with van der Waals surface area (Å²) in [5, 5.41) is 11.0. The molecule has 0 aliphatic carbocycles. The van der Waals surface area contributed by atoms with Gasteiger partial charge in [0, 0.05) is 28.8 Å². The number of carbonyl (C=O) groups excluding carboxylic acids is 1. The van der Waals surface area contributed by atoms with Gasteiger partial charge in [-0.1, -0.05) is 17.7 Å². The molecule has 0 saturated heterocycles. The van der Waals surface area contributed by atoms with Gasteiger partial charge in [-0.05, 0) is 62.4 Å². The molecule has 35 heavy (non-hydrogen) atoms. The van der Waals surface area contributed by atoms with Crippen LogP contribution < -0.4 is 21.3 Å². The number of halogens is 3. The Balaban J connectivity index is 1.39. The first-order valence-corrected chi connectivity index (χ1v) is 10.5. The van der Waals surface area contributed by atoms with Gasteiger partial charge < -0.3 is 21.3 Å². The summed E-state index contributed by atoms with van der Waals surface area (Å²) in [7, 11) is 0. The zero-order chi connectivity index (χ0) is 24.9. The van der Waals surface area contributed by atoms with E-state index in [1.807, 2.05) is 44.2 Å². The highest BCUT2D eigenvalue weighted by molar-refractivity contribution is 5.99. The van der Waals surface area contributed by atoms with Crippen LogP contribution >= 0.6 is 0 Å². The predicted octanol–water partition coefficient (Wildman–Crippen LogP) is 6.64. The second kappa shape index (κ2) is 10.1. The van der Waals surface area contributed by atoms with Gasteiger partial charge in [-0.2, -0.15) is 4.98 Å². The number of urea groups is 1. The van der Waals surface area contributed by atoms with E-state index in [1.165, 1.54) is 0 Å². The first-order chi connectivity index (χ1) is 16.8. The van der Waals surface area contributed by atoms with Gasteiger partial charge in [-0.25, -0.2) is 22.9 Å². The Morgan fingerprint density at radius 2 is 1.34 bits per heavy atom. The van der Waals surface area contributed by atoms with Crippen molar-refractivity contribution in [2.75, 3.05) is 21.3 Å². The molecule has 10 heteroatoms. The van der Waals surface area contributed by atoms with E-state index in [-0.39, 0.29) is 0 Å². The number of hydrogen-bond donors (Lipinski definition) is 4. The Morgan fingerprint density at radius 1 is 0.714 bits per heavy atom. The van der Waals surface area contributed by atoms with E-state index in [4.69, 9.17) is 0 Å². The molecule has 1 aromatic heterocycles. The number of aromatic nitrogens is 2. The van der Waals surface area contributed by atoms with Crippen LogP contribution in [0.2, 0.25) is 0 Å². The average Bonchev–Trinajstić information content (AvgIpc) is 2.82. The van der Waals surface area contributed by atoms with Gasteiger partial charge in [-0.15, -0.1) is 0 Å². The molecule has 0 fully saturated rings. The number of aryl methyl sites for hydroxylation is 2. The fourth-order valence-corrected chi connectivity index (χ4v) is 3.15. The van der Waals surface area contributed by atoms with Crippen LogP contribution in [0.5, 0.6) is 0 Å². The molecule has 0 unspecified atom stereocenters. The summed E-state index contributed by atoms with van der Waals surface area (Å²) in [4.78, 5) is 21.0. The highest BCUT2D eigenvalue weighted by Gasteiger charge is 2.15. The van der Waals surface area contributed by atoms with Gasteiger partial charge >= 0.3 is 6.03 Å². The van der Waals surface area contributed by atoms with E-state index in [0.29, 0.717) is 23.1 Å². The molecule has 0 aliphatic heterocycles. The molecule has 0 aliphatic rings. The monoisotopic (exact) mass is 478 g/mol. The Hall–Kier alpha value is -4.60. The van der Waals surface area contributed by atoms with Crippen molar-refractivity contribution in [1.29, 1.82) is 0 Å². The van der Waals surface area contributed by atoms with Gasteiger partial charge in [0.15, 0.2) is 17.5 Å². The molecule has 4 rings (SSSR count). The summed E-state index contributed by atoms with van der Waals surface area (Å²) in [5.74, 6) is -3.47. The third-order valence-corrected chi connectivity index (χ3v) is 4.86. The van der Waals surface area contributed by atoms with Gasteiger partial charge in [0.05, 0.1) is 5.69 Å². The van der Waals surface area contributed by atoms with Gasteiger partial charge in [0.25, 0.3) is 0 Å². The molecule has 0 atom stereocenters. The number of hydrogen-bond acceptors (Lipinski definition) is 5. The molecule has 0 spiro atoms. The first-order valence-electron chi connectivity index (χ1n) is 10.5. The highest BCUT2D eigenvalue weighted by atomic mass is 19.2. The number of anilines is 6. The highest BCUT2D eigenvalue weighted by Crippen LogP contribution is 2.22. The maximum absolute atomic E-state index is 13.7. The van der Waals surface area contributed by atoms with Crippen molar-refractivity contribution in [1.82, 2.24) is 9.97 Å². The third kappa shape index (κ3) is 6.05. The SMILES string of the molecule is Cc1ccc(Nc2cc(C)nc(Nc3ccc(NC(=O)Nc4ccc(F)c(F)c4F)cc3)n2)cc1. The summed E-state index contributed by atoms with van der Waals surface area (Å²) >= 11 is 0. The summed E-state index contributed by atoms with van der Waals surface area (Å²) in [6.45, 7) is 3.87. The largest absolute Gasteiger partial charge is 0.340 e. The summed E-state index contributed by atoms with van der Waals surface area (Å²) in [5.41, 5.74) is 3.39. The topological polar surface area (TPSA) is 91.0 Å². The van der Waals surface area contributed by atoms with Crippen LogP contribution in [0.15, 0.2) is 66.7 Å². The minimum absolute atomic E-state index is 0.381. The fourth-order valence-electron chi connectivity index (χ4n) is 3.15. The van der Waals surface area contributed by atoms with E-state index in [0.717, 1.165) is 29.1 Å². The summed E-state index contributed by atoms with van der Waals surface area (Å²) in [6, 6.07) is 17.2. The number of rotatable bonds is 6. The van der Waals surface area contributed by atoms with Crippen molar-refractivity contribution in [2.45, 2.75) is 13.8 Å². The lowest BCUT2D eigenvalue weighted by atomic mass is 10.2. The molecule has 3 aromatic carbocycles. The maximum Gasteiger partial charge on any atom is 0.323 e. The normalized spacial score (nSPS) is 10.5. The average molecular weight is 478 g/mol. The van der Waals surface area contributed by atoms with Crippen LogP contribution in [0, 0.1) is 31.3 Å². The van der Waals surface area contributed by atoms with Crippen molar-refractivity contribution in [3.8, 4) is 0 Å². The van der Waals surface area contributed by atoms with Gasteiger partial charge in [0.1, 0.15) is 5.82 Å². The first kappa shape index (κ1) is 23.6. The number of benzene rings is 3. The van der Waals surface area contributed by atoms with Gasteiger partial charge in [0.2, 0.25) is 5.95 Å². The summed E-state index contributed by atoms with van der Waals surface area (Å²) < 4.78 is 40.1. The number of carbonyl (C=O) groups is 1. The van der Waals surface area contributed by atoms with Crippen LogP contribution in [0.1, 0.15) is 11.3 Å². The molecule has 0 bridgehead atoms. The Morgan fingerprint density at radius 3 is 2.06 bits per heavy atom. The zero-order valence-corrected chi connectivity index (χ0v) is 18.8. The standard InChI is InChI=1S/C25H21F3N6O/c1-14-3-5-16(6-4-14)30-21-13-15(2)29-24(34-21)31-17-7-9-18(10-8-17)32-25(35)33-20-12-11-19(26)22(27)23(20)28/h3-13H,1-2H3,(H2,32,33,35)(H2,29,30,31,34). The van der Waals surface area contributed by atoms with Crippen LogP contribution in [0.3, 0.4) is 0 Å². The smallest absolute Gasteiger partial charge is 0.323 e. The van der Waals surface area contributed by atoms with Crippen molar-refractivity contribution in [2.24, 2.45) is 0 Å². The number of nitrogens with one attached hydrogen (secondary N) is 4. The van der Waals surface area contributed by atoms with Crippen molar-refractivity contribution in [3.05, 3.63) is 95.4 Å². The van der Waals surface area contributed by atoms with Crippen molar-refractivity contribution in [3.63, 3.8) is 0 Å². The molecule has 4 N–H and O–H groups in total. The molecule has 1 heterocycles. The molecule has 178 valence electrons. The van der Waals surface area contributed by atoms with E-state index in [1.54, 1.807) is 24.3 Å². The Kier molecular flexibility index (Phi) is 6.81. The van der Waals surface area contributed by atoms with Crippen molar-refractivity contribution >= 4 is 40.5 Å². The molecule has 2 amide bonds. The van der Waals surface area contributed by atoms with E-state index < -0.39 is 29.2 Å². The van der Waals surface area contributed by atoms with Crippen LogP contribution in [-0.4, -0.2) is 16.0 Å². The third-order valence-electron chi connectivity index (χ3n) is 4.86. The molecule has 4 aromatic rings. The second-order valence-corrected chi connectivity index (χ2v) is 7.71. The number of amides is 2. The molecule has 7 nitrogen and oxygen atoms in total. The van der Waals surface area contributed by atoms with Crippen molar-refractivity contribution < 1.29 is 18.0 Å². The van der Waals surface area contributed by atoms with Crippen LogP contribution in [0.4, 0.5) is 52.5 Å². The van der Waals surface area contributed by atoms with Gasteiger partial charge in [-0.3, -0.25) is 0 Å². The van der Waals surface area contributed by atoms with E-state index in [2.05, 4.69) is 31.2 Å². The molecule has 0 saturated carbocycles. The minimum atomic E-state index is -1.66. The van der Waals surface area contributed by atoms with Crippen LogP contribution in [-0.2, 0) is 0 Å². The zero-order valence-electron chi connectivity index (χ0n) is 18.8.